The summed E-state index contributed by atoms with van der Waals surface area (Å²) in [6.07, 6.45) is 4.68. The van der Waals surface area contributed by atoms with Gasteiger partial charge < -0.3 is 5.11 Å². The van der Waals surface area contributed by atoms with Crippen molar-refractivity contribution in [2.75, 3.05) is 11.9 Å². The Labute approximate surface area is 52.2 Å². The maximum atomic E-state index is 8.19. The van der Waals surface area contributed by atoms with Crippen LogP contribution in [0.4, 0.5) is 0 Å². The van der Waals surface area contributed by atoms with Gasteiger partial charge in [-0.1, -0.05) is 28.1 Å². The molecule has 0 saturated carbocycles. The Bertz CT molecular complexity index is 52.0. The summed E-state index contributed by atoms with van der Waals surface area (Å²) in [7, 11) is 0. The quantitative estimate of drug-likeness (QED) is 0.493. The zero-order chi connectivity index (χ0) is 5.54. The summed E-state index contributed by atoms with van der Waals surface area (Å²) in [5.41, 5.74) is 0. The molecule has 1 N–H and O–H groups in total. The highest BCUT2D eigenvalue weighted by Gasteiger charge is 1.69. The molecule has 0 aromatic rings. The van der Waals surface area contributed by atoms with Gasteiger partial charge in [0.2, 0.25) is 0 Å². The molecule has 0 rings (SSSR count). The number of aliphatic hydroxyl groups is 1. The second-order valence-electron chi connectivity index (χ2n) is 1.13. The smallest absolute Gasteiger partial charge is 0.0612 e. The zero-order valence-corrected chi connectivity index (χ0v) is 5.69. The number of aliphatic hydroxyl groups excluding tert-OH is 1. The zero-order valence-electron chi connectivity index (χ0n) is 4.10. The molecule has 0 bridgehead atoms. The first-order valence-corrected chi connectivity index (χ1v) is 3.35. The van der Waals surface area contributed by atoms with E-state index in [0.29, 0.717) is 0 Å². The molecule has 7 heavy (non-hydrogen) atoms. The summed E-state index contributed by atoms with van der Waals surface area (Å²) in [4.78, 5) is 0. The van der Waals surface area contributed by atoms with Crippen LogP contribution in [0.15, 0.2) is 12.2 Å². The van der Waals surface area contributed by atoms with E-state index in [-0.39, 0.29) is 6.61 Å². The predicted octanol–water partition coefficient (Wildman–Crippen LogP) is 1.32. The fourth-order valence-electron chi connectivity index (χ4n) is 0.255. The van der Waals surface area contributed by atoms with Crippen LogP contribution in [0.3, 0.4) is 0 Å². The van der Waals surface area contributed by atoms with E-state index in [0.717, 1.165) is 11.8 Å². The van der Waals surface area contributed by atoms with Gasteiger partial charge in [-0.3, -0.25) is 0 Å². The lowest BCUT2D eigenvalue weighted by Gasteiger charge is -1.78. The van der Waals surface area contributed by atoms with Crippen molar-refractivity contribution in [1.82, 2.24) is 0 Å². The number of hydrogen-bond acceptors (Lipinski definition) is 1. The molecular formula is C5H9BrO. The third-order valence-corrected chi connectivity index (χ3v) is 1.01. The summed E-state index contributed by atoms with van der Waals surface area (Å²) < 4.78 is 0. The molecule has 0 aliphatic heterocycles. The lowest BCUT2D eigenvalue weighted by Crippen LogP contribution is -1.71. The van der Waals surface area contributed by atoms with Gasteiger partial charge in [0.05, 0.1) is 6.61 Å². The van der Waals surface area contributed by atoms with Crippen LogP contribution in [-0.4, -0.2) is 17.0 Å². The Morgan fingerprint density at radius 2 is 2.14 bits per heavy atom. The minimum absolute atomic E-state index is 0.160. The third kappa shape index (κ3) is 6.18. The minimum atomic E-state index is 0.160. The molecule has 0 aromatic carbocycles. The Balaban J connectivity index is 2.78. The Morgan fingerprint density at radius 1 is 1.43 bits per heavy atom. The molecule has 0 atom stereocenters. The summed E-state index contributed by atoms with van der Waals surface area (Å²) in [5.74, 6) is 0. The van der Waals surface area contributed by atoms with Crippen LogP contribution >= 0.6 is 15.9 Å². The van der Waals surface area contributed by atoms with Crippen LogP contribution in [0.1, 0.15) is 6.42 Å². The first-order chi connectivity index (χ1) is 3.41. The highest BCUT2D eigenvalue weighted by molar-refractivity contribution is 9.09. The van der Waals surface area contributed by atoms with Crippen molar-refractivity contribution in [2.24, 2.45) is 0 Å². The number of allylic oxidation sites excluding steroid dienone is 1. The molecule has 42 valence electrons. The van der Waals surface area contributed by atoms with E-state index in [1.54, 1.807) is 6.08 Å². The number of hydrogen-bond donors (Lipinski definition) is 1. The fourth-order valence-corrected chi connectivity index (χ4v) is 0.520. The van der Waals surface area contributed by atoms with Crippen molar-refractivity contribution in [3.05, 3.63) is 12.2 Å². The van der Waals surface area contributed by atoms with Crippen molar-refractivity contribution in [3.8, 4) is 0 Å². The Kier molecular flexibility index (Phi) is 6.34. The van der Waals surface area contributed by atoms with Gasteiger partial charge in [-0.05, 0) is 6.42 Å². The highest BCUT2D eigenvalue weighted by Crippen LogP contribution is 1.87. The topological polar surface area (TPSA) is 20.2 Å². The van der Waals surface area contributed by atoms with Crippen LogP contribution < -0.4 is 0 Å². The van der Waals surface area contributed by atoms with Gasteiger partial charge in [-0.15, -0.1) is 0 Å². The maximum Gasteiger partial charge on any atom is 0.0612 e. The molecule has 0 aliphatic carbocycles. The van der Waals surface area contributed by atoms with Crippen LogP contribution in [0.5, 0.6) is 0 Å². The van der Waals surface area contributed by atoms with Gasteiger partial charge >= 0.3 is 0 Å². The molecule has 0 aromatic heterocycles. The van der Waals surface area contributed by atoms with Crippen molar-refractivity contribution in [3.63, 3.8) is 0 Å². The van der Waals surface area contributed by atoms with Gasteiger partial charge in [0.15, 0.2) is 0 Å². The van der Waals surface area contributed by atoms with E-state index in [1.165, 1.54) is 0 Å². The molecule has 0 radical (unpaired) electrons. The SMILES string of the molecule is OC/C=C/CCBr. The third-order valence-electron chi connectivity index (χ3n) is 0.548. The average molecular weight is 165 g/mol. The summed E-state index contributed by atoms with van der Waals surface area (Å²) in [6, 6.07) is 0. The molecule has 0 amide bonds. The molecule has 0 aliphatic rings. The van der Waals surface area contributed by atoms with Crippen molar-refractivity contribution in [2.45, 2.75) is 6.42 Å². The van der Waals surface area contributed by atoms with Crippen LogP contribution in [0.2, 0.25) is 0 Å². The Morgan fingerprint density at radius 3 is 2.57 bits per heavy atom. The molecule has 2 heteroatoms. The van der Waals surface area contributed by atoms with E-state index in [9.17, 15) is 0 Å². The predicted molar refractivity (Wildman–Crippen MR) is 34.6 cm³/mol. The lowest BCUT2D eigenvalue weighted by atomic mass is 10.4. The molecular weight excluding hydrogens is 156 g/mol. The molecule has 0 saturated heterocycles. The number of halogens is 1. The van der Waals surface area contributed by atoms with E-state index in [2.05, 4.69) is 15.9 Å². The van der Waals surface area contributed by atoms with Gasteiger partial charge in [0, 0.05) is 5.33 Å². The fraction of sp³-hybridized carbons (Fsp3) is 0.600. The lowest BCUT2D eigenvalue weighted by molar-refractivity contribution is 0.342. The first-order valence-electron chi connectivity index (χ1n) is 2.23. The van der Waals surface area contributed by atoms with Crippen molar-refractivity contribution in [1.29, 1.82) is 0 Å². The van der Waals surface area contributed by atoms with Crippen LogP contribution in [-0.2, 0) is 0 Å². The van der Waals surface area contributed by atoms with Gasteiger partial charge in [0.25, 0.3) is 0 Å². The Hall–Kier alpha value is 0.180. The molecule has 0 heterocycles. The van der Waals surface area contributed by atoms with E-state index < -0.39 is 0 Å². The van der Waals surface area contributed by atoms with E-state index in [1.807, 2.05) is 6.08 Å². The van der Waals surface area contributed by atoms with Gasteiger partial charge in [-0.2, -0.15) is 0 Å². The molecule has 1 nitrogen and oxygen atoms in total. The summed E-state index contributed by atoms with van der Waals surface area (Å²) in [6.45, 7) is 0.160. The largest absolute Gasteiger partial charge is 0.392 e. The maximum absolute atomic E-state index is 8.19. The van der Waals surface area contributed by atoms with Crippen molar-refractivity contribution >= 4 is 15.9 Å². The standard InChI is InChI=1S/C5H9BrO/c6-4-2-1-3-5-7/h1,3,7H,2,4-5H2/b3-1+. The van der Waals surface area contributed by atoms with Crippen molar-refractivity contribution < 1.29 is 5.11 Å². The van der Waals surface area contributed by atoms with E-state index in [4.69, 9.17) is 5.11 Å². The second kappa shape index (κ2) is 6.18. The normalized spacial score (nSPS) is 10.6. The summed E-state index contributed by atoms with van der Waals surface area (Å²) >= 11 is 3.25. The highest BCUT2D eigenvalue weighted by atomic mass is 79.9. The van der Waals surface area contributed by atoms with Gasteiger partial charge in [-0.25, -0.2) is 0 Å². The van der Waals surface area contributed by atoms with Crippen LogP contribution in [0.25, 0.3) is 0 Å². The summed E-state index contributed by atoms with van der Waals surface area (Å²) in [5, 5.41) is 9.17. The number of rotatable bonds is 3. The molecule has 0 spiro atoms. The van der Waals surface area contributed by atoms with Gasteiger partial charge in [0.1, 0.15) is 0 Å². The minimum Gasteiger partial charge on any atom is -0.392 e. The molecule has 0 unspecified atom stereocenters. The monoisotopic (exact) mass is 164 g/mol. The first kappa shape index (κ1) is 7.18. The number of alkyl halides is 1. The van der Waals surface area contributed by atoms with E-state index >= 15 is 0 Å². The second-order valence-corrected chi connectivity index (χ2v) is 1.92. The van der Waals surface area contributed by atoms with Crippen LogP contribution in [0, 0.1) is 0 Å². The molecule has 0 fully saturated rings. The average Bonchev–Trinajstić information content (AvgIpc) is 1.69.